The summed E-state index contributed by atoms with van der Waals surface area (Å²) in [5, 5.41) is 16.8. The predicted molar refractivity (Wildman–Crippen MR) is 104 cm³/mol. The van der Waals surface area contributed by atoms with E-state index in [0.717, 1.165) is 16.9 Å². The van der Waals surface area contributed by atoms with Gasteiger partial charge < -0.3 is 5.32 Å². The zero-order valence-corrected chi connectivity index (χ0v) is 15.5. The first-order valence-corrected chi connectivity index (χ1v) is 8.86. The number of benzene rings is 2. The molecule has 0 aliphatic carbocycles. The number of para-hydroxylation sites is 1. The molecule has 1 N–H and O–H groups in total. The fraction of sp³-hybridized carbons (Fsp3) is 0.227. The molecule has 1 amide bonds. The van der Waals surface area contributed by atoms with Gasteiger partial charge in [-0.1, -0.05) is 48.5 Å². The van der Waals surface area contributed by atoms with Crippen molar-refractivity contribution in [1.29, 1.82) is 5.26 Å². The van der Waals surface area contributed by atoms with E-state index < -0.39 is 5.41 Å². The lowest BCUT2D eigenvalue weighted by molar-refractivity contribution is 0.0949. The predicted octanol–water partition coefficient (Wildman–Crippen LogP) is 3.89. The Kier molecular flexibility index (Phi) is 5.37. The van der Waals surface area contributed by atoms with Crippen LogP contribution in [0.5, 0.6) is 0 Å². The fourth-order valence-corrected chi connectivity index (χ4v) is 2.86. The van der Waals surface area contributed by atoms with Gasteiger partial charge in [-0.3, -0.25) is 4.79 Å². The van der Waals surface area contributed by atoms with E-state index in [1.54, 1.807) is 10.9 Å². The van der Waals surface area contributed by atoms with Crippen LogP contribution in [0.1, 0.15) is 35.5 Å². The third-order valence-corrected chi connectivity index (χ3v) is 4.32. The van der Waals surface area contributed by atoms with Crippen LogP contribution in [0.2, 0.25) is 0 Å². The number of amides is 1. The summed E-state index contributed by atoms with van der Waals surface area (Å²) in [7, 11) is 0. The molecule has 1 heterocycles. The number of rotatable bonds is 6. The summed E-state index contributed by atoms with van der Waals surface area (Å²) in [6, 6.07) is 21.7. The summed E-state index contributed by atoms with van der Waals surface area (Å²) < 4.78 is 1.75. The first-order chi connectivity index (χ1) is 13.0. The number of carbonyl (C=O) groups excluding carboxylic acids is 1. The van der Waals surface area contributed by atoms with Crippen molar-refractivity contribution >= 4 is 5.91 Å². The minimum atomic E-state index is -0.610. The summed E-state index contributed by atoms with van der Waals surface area (Å²) in [5.41, 5.74) is 2.51. The van der Waals surface area contributed by atoms with Gasteiger partial charge in [0.15, 0.2) is 0 Å². The first-order valence-electron chi connectivity index (χ1n) is 8.86. The van der Waals surface area contributed by atoms with Crippen LogP contribution in [0.15, 0.2) is 66.9 Å². The highest BCUT2D eigenvalue weighted by Crippen LogP contribution is 2.25. The summed E-state index contributed by atoms with van der Waals surface area (Å²) in [6.07, 6.45) is 2.00. The maximum absolute atomic E-state index is 12.8. The van der Waals surface area contributed by atoms with Gasteiger partial charge in [0.05, 0.1) is 34.6 Å². The van der Waals surface area contributed by atoms with Gasteiger partial charge in [0.2, 0.25) is 0 Å². The van der Waals surface area contributed by atoms with Gasteiger partial charge in [0, 0.05) is 13.0 Å². The summed E-state index contributed by atoms with van der Waals surface area (Å²) >= 11 is 0. The molecule has 5 nitrogen and oxygen atoms in total. The van der Waals surface area contributed by atoms with Crippen molar-refractivity contribution in [2.75, 3.05) is 0 Å². The number of carbonyl (C=O) groups is 1. The Hall–Kier alpha value is -3.39. The second kappa shape index (κ2) is 7.88. The molecule has 3 aromatic rings. The van der Waals surface area contributed by atoms with E-state index >= 15 is 0 Å². The van der Waals surface area contributed by atoms with Crippen molar-refractivity contribution in [2.24, 2.45) is 5.41 Å². The Bertz CT molecular complexity index is 953. The highest BCUT2D eigenvalue weighted by Gasteiger charge is 2.26. The molecule has 0 atom stereocenters. The van der Waals surface area contributed by atoms with Crippen molar-refractivity contribution in [3.05, 3.63) is 83.7 Å². The van der Waals surface area contributed by atoms with Crippen molar-refractivity contribution in [3.8, 4) is 11.8 Å². The molecular weight excluding hydrogens is 336 g/mol. The zero-order valence-electron chi connectivity index (χ0n) is 15.5. The van der Waals surface area contributed by atoms with Crippen molar-refractivity contribution in [1.82, 2.24) is 15.1 Å². The molecule has 3 rings (SSSR count). The Morgan fingerprint density at radius 1 is 1.11 bits per heavy atom. The maximum Gasteiger partial charge on any atom is 0.255 e. The second-order valence-corrected chi connectivity index (χ2v) is 7.09. The molecule has 0 aliphatic rings. The van der Waals surface area contributed by atoms with Crippen LogP contribution in [0.25, 0.3) is 5.69 Å². The van der Waals surface area contributed by atoms with Crippen LogP contribution < -0.4 is 5.32 Å². The van der Waals surface area contributed by atoms with Gasteiger partial charge in [0.1, 0.15) is 0 Å². The molecule has 27 heavy (non-hydrogen) atoms. The highest BCUT2D eigenvalue weighted by molar-refractivity contribution is 5.95. The van der Waals surface area contributed by atoms with Crippen LogP contribution in [0.4, 0.5) is 0 Å². The molecule has 0 radical (unpaired) electrons. The molecule has 5 heteroatoms. The van der Waals surface area contributed by atoms with Gasteiger partial charge in [-0.2, -0.15) is 10.4 Å². The summed E-state index contributed by atoms with van der Waals surface area (Å²) in [4.78, 5) is 12.8. The van der Waals surface area contributed by atoms with E-state index in [0.29, 0.717) is 18.5 Å². The Morgan fingerprint density at radius 2 is 1.74 bits per heavy atom. The van der Waals surface area contributed by atoms with E-state index in [2.05, 4.69) is 16.5 Å². The Balaban J connectivity index is 1.91. The molecule has 0 aliphatic heterocycles. The largest absolute Gasteiger partial charge is 0.348 e. The lowest BCUT2D eigenvalue weighted by Crippen LogP contribution is -2.25. The molecule has 0 saturated heterocycles. The molecular formula is C22H22N4O. The van der Waals surface area contributed by atoms with E-state index in [1.807, 2.05) is 74.5 Å². The number of nitrogens with one attached hydrogen (secondary N) is 1. The van der Waals surface area contributed by atoms with Crippen molar-refractivity contribution in [3.63, 3.8) is 0 Å². The van der Waals surface area contributed by atoms with Crippen molar-refractivity contribution in [2.45, 2.75) is 26.8 Å². The quantitative estimate of drug-likeness (QED) is 0.726. The third-order valence-electron chi connectivity index (χ3n) is 4.32. The lowest BCUT2D eigenvalue weighted by Gasteiger charge is -2.18. The monoisotopic (exact) mass is 358 g/mol. The smallest absolute Gasteiger partial charge is 0.255 e. The molecule has 0 fully saturated rings. The number of nitriles is 1. The minimum Gasteiger partial charge on any atom is -0.348 e. The fourth-order valence-electron chi connectivity index (χ4n) is 2.86. The maximum atomic E-state index is 12.8. The van der Waals surface area contributed by atoms with Crippen LogP contribution in [0, 0.1) is 16.7 Å². The second-order valence-electron chi connectivity index (χ2n) is 7.09. The average Bonchev–Trinajstić information content (AvgIpc) is 3.10. The SMILES string of the molecule is CC(C)(C#N)Cc1c(C(=O)NCc2ccccc2)cnn1-c1ccccc1. The molecule has 0 unspecified atom stereocenters. The Morgan fingerprint density at radius 3 is 2.37 bits per heavy atom. The number of nitrogens with zero attached hydrogens (tertiary/aromatic N) is 3. The number of aromatic nitrogens is 2. The van der Waals surface area contributed by atoms with E-state index in [1.165, 1.54) is 0 Å². The number of hydrogen-bond acceptors (Lipinski definition) is 3. The molecule has 2 aromatic carbocycles. The summed E-state index contributed by atoms with van der Waals surface area (Å²) in [5.74, 6) is -0.190. The van der Waals surface area contributed by atoms with E-state index in [4.69, 9.17) is 0 Å². The van der Waals surface area contributed by atoms with Gasteiger partial charge in [-0.05, 0) is 31.5 Å². The lowest BCUT2D eigenvalue weighted by atomic mass is 9.88. The van der Waals surface area contributed by atoms with Crippen LogP contribution in [-0.4, -0.2) is 15.7 Å². The van der Waals surface area contributed by atoms with Crippen LogP contribution >= 0.6 is 0 Å². The van der Waals surface area contributed by atoms with Gasteiger partial charge in [0.25, 0.3) is 5.91 Å². The normalized spacial score (nSPS) is 11.0. The minimum absolute atomic E-state index is 0.190. The molecule has 136 valence electrons. The molecule has 0 bridgehead atoms. The zero-order chi connectivity index (χ0) is 19.3. The van der Waals surface area contributed by atoms with E-state index in [-0.39, 0.29) is 5.91 Å². The standard InChI is InChI=1S/C22H22N4O/c1-22(2,16-23)13-20-19(15-25-26(20)18-11-7-4-8-12-18)21(27)24-14-17-9-5-3-6-10-17/h3-12,15H,13-14H2,1-2H3,(H,24,27). The van der Waals surface area contributed by atoms with Crippen molar-refractivity contribution < 1.29 is 4.79 Å². The third kappa shape index (κ3) is 4.42. The molecule has 0 saturated carbocycles. The van der Waals surface area contributed by atoms with Gasteiger partial charge in [-0.15, -0.1) is 0 Å². The Labute approximate surface area is 159 Å². The average molecular weight is 358 g/mol. The van der Waals surface area contributed by atoms with E-state index in [9.17, 15) is 10.1 Å². The summed E-state index contributed by atoms with van der Waals surface area (Å²) in [6.45, 7) is 4.17. The topological polar surface area (TPSA) is 70.7 Å². The highest BCUT2D eigenvalue weighted by atomic mass is 16.1. The van der Waals surface area contributed by atoms with Gasteiger partial charge in [-0.25, -0.2) is 4.68 Å². The van der Waals surface area contributed by atoms with Gasteiger partial charge >= 0.3 is 0 Å². The molecule has 0 spiro atoms. The van der Waals surface area contributed by atoms with Crippen LogP contribution in [0.3, 0.4) is 0 Å². The first kappa shape index (κ1) is 18.4. The number of hydrogen-bond donors (Lipinski definition) is 1. The molecule has 1 aromatic heterocycles. The van der Waals surface area contributed by atoms with Crippen LogP contribution in [-0.2, 0) is 13.0 Å².